The van der Waals surface area contributed by atoms with Crippen molar-refractivity contribution in [2.75, 3.05) is 31.7 Å². The lowest BCUT2D eigenvalue weighted by Crippen LogP contribution is -2.43. The number of aliphatic carboxylic acids is 1. The number of ether oxygens (including phenoxy) is 3. The molecule has 0 saturated heterocycles. The summed E-state index contributed by atoms with van der Waals surface area (Å²) in [6, 6.07) is 9.83. The number of amides is 2. The molecule has 32 heavy (non-hydrogen) atoms. The van der Waals surface area contributed by atoms with Gasteiger partial charge in [0, 0.05) is 12.2 Å². The molecule has 2 aromatic rings. The van der Waals surface area contributed by atoms with Crippen LogP contribution in [0.3, 0.4) is 0 Å². The third kappa shape index (κ3) is 5.43. The Morgan fingerprint density at radius 1 is 1.00 bits per heavy atom. The molecule has 1 heterocycles. The Morgan fingerprint density at radius 2 is 1.62 bits per heavy atom. The molecule has 0 unspecified atom stereocenters. The minimum atomic E-state index is -0.978. The van der Waals surface area contributed by atoms with Gasteiger partial charge in [0.15, 0.2) is 11.5 Å². The molecule has 0 radical (unpaired) electrons. The summed E-state index contributed by atoms with van der Waals surface area (Å²) in [5.74, 6) is 0.926. The Labute approximate surface area is 188 Å². The van der Waals surface area contributed by atoms with Crippen molar-refractivity contribution < 1.29 is 28.9 Å². The fourth-order valence-corrected chi connectivity index (χ4v) is 3.87. The van der Waals surface area contributed by atoms with E-state index in [0.717, 1.165) is 16.9 Å². The van der Waals surface area contributed by atoms with Crippen LogP contribution in [0.15, 0.2) is 36.4 Å². The molecular formula is C24H30N2O6. The molecule has 0 spiro atoms. The van der Waals surface area contributed by atoms with Gasteiger partial charge in [0.1, 0.15) is 5.75 Å². The minimum Gasteiger partial charge on any atom is -0.494 e. The van der Waals surface area contributed by atoms with E-state index in [1.165, 1.54) is 0 Å². The summed E-state index contributed by atoms with van der Waals surface area (Å²) >= 11 is 0. The predicted octanol–water partition coefficient (Wildman–Crippen LogP) is 4.49. The van der Waals surface area contributed by atoms with E-state index in [2.05, 4.69) is 5.32 Å². The highest BCUT2D eigenvalue weighted by Crippen LogP contribution is 2.40. The van der Waals surface area contributed by atoms with Gasteiger partial charge in [0.2, 0.25) is 0 Å². The zero-order valence-corrected chi connectivity index (χ0v) is 18.7. The van der Waals surface area contributed by atoms with Gasteiger partial charge >= 0.3 is 12.0 Å². The molecule has 0 saturated carbocycles. The van der Waals surface area contributed by atoms with Gasteiger partial charge in [-0.3, -0.25) is 4.79 Å². The normalized spacial score (nSPS) is 15.0. The number of hydrogen-bond donors (Lipinski definition) is 2. The first kappa shape index (κ1) is 23.2. The van der Waals surface area contributed by atoms with Crippen molar-refractivity contribution in [3.8, 4) is 17.2 Å². The minimum absolute atomic E-state index is 0.205. The first-order chi connectivity index (χ1) is 15.5. The number of carboxylic acid groups (broad SMARTS) is 1. The van der Waals surface area contributed by atoms with Crippen molar-refractivity contribution in [2.45, 2.75) is 39.7 Å². The van der Waals surface area contributed by atoms with E-state index in [1.54, 1.807) is 29.2 Å². The zero-order valence-electron chi connectivity index (χ0n) is 18.7. The molecule has 0 fully saturated rings. The van der Waals surface area contributed by atoms with Crippen molar-refractivity contribution in [1.29, 1.82) is 0 Å². The lowest BCUT2D eigenvalue weighted by molar-refractivity contribution is -0.138. The summed E-state index contributed by atoms with van der Waals surface area (Å²) in [7, 11) is 0. The van der Waals surface area contributed by atoms with E-state index in [1.807, 2.05) is 32.9 Å². The molecule has 2 aromatic carbocycles. The lowest BCUT2D eigenvalue weighted by Gasteiger charge is -2.37. The van der Waals surface area contributed by atoms with Crippen LogP contribution < -0.4 is 19.5 Å². The molecule has 8 nitrogen and oxygen atoms in total. The Bertz CT molecular complexity index is 944. The smallest absolute Gasteiger partial charge is 0.322 e. The number of anilines is 1. The van der Waals surface area contributed by atoms with Gasteiger partial charge < -0.3 is 29.5 Å². The maximum absolute atomic E-state index is 13.1. The van der Waals surface area contributed by atoms with E-state index in [9.17, 15) is 14.7 Å². The largest absolute Gasteiger partial charge is 0.494 e. The maximum Gasteiger partial charge on any atom is 0.322 e. The topological polar surface area (TPSA) is 97.3 Å². The van der Waals surface area contributed by atoms with Crippen molar-refractivity contribution in [3.63, 3.8) is 0 Å². The van der Waals surface area contributed by atoms with E-state index in [-0.39, 0.29) is 12.5 Å². The first-order valence-corrected chi connectivity index (χ1v) is 10.9. The Morgan fingerprint density at radius 3 is 2.22 bits per heavy atom. The number of carbonyl (C=O) groups excluding carboxylic acids is 1. The molecule has 172 valence electrons. The summed E-state index contributed by atoms with van der Waals surface area (Å²) in [5.41, 5.74) is 2.35. The van der Waals surface area contributed by atoms with Gasteiger partial charge in [0.05, 0.1) is 32.3 Å². The predicted molar refractivity (Wildman–Crippen MR) is 121 cm³/mol. The molecule has 0 aromatic heterocycles. The van der Waals surface area contributed by atoms with Gasteiger partial charge in [-0.25, -0.2) is 4.79 Å². The number of nitrogens with one attached hydrogen (secondary N) is 1. The standard InChI is InChI=1S/C24H30N2O6/c1-4-30-18-9-7-17(8-10-18)25-24(29)26-12-11-16-13-21(31-5-2)22(32-6-3)14-19(16)20(26)15-23(27)28/h7-10,13-14,20H,4-6,11-12,15H2,1-3H3,(H,25,29)(H,27,28)/t20-/m1/s1. The number of carbonyl (C=O) groups is 2. The Hall–Kier alpha value is -3.42. The molecule has 1 atom stereocenters. The van der Waals surface area contributed by atoms with Crippen LogP contribution in [0.4, 0.5) is 10.5 Å². The van der Waals surface area contributed by atoms with E-state index >= 15 is 0 Å². The van der Waals surface area contributed by atoms with E-state index < -0.39 is 12.0 Å². The van der Waals surface area contributed by atoms with Crippen LogP contribution in [-0.4, -0.2) is 48.4 Å². The van der Waals surface area contributed by atoms with Gasteiger partial charge in [-0.05, 0) is 74.7 Å². The number of fused-ring (bicyclic) bond motifs is 1. The lowest BCUT2D eigenvalue weighted by atomic mass is 9.90. The van der Waals surface area contributed by atoms with Gasteiger partial charge in [-0.15, -0.1) is 0 Å². The third-order valence-corrected chi connectivity index (χ3v) is 5.21. The summed E-state index contributed by atoms with van der Waals surface area (Å²) in [4.78, 5) is 26.3. The van der Waals surface area contributed by atoms with Crippen LogP contribution >= 0.6 is 0 Å². The molecule has 2 N–H and O–H groups in total. The van der Waals surface area contributed by atoms with Crippen LogP contribution in [0.2, 0.25) is 0 Å². The molecule has 1 aliphatic heterocycles. The average molecular weight is 443 g/mol. The number of benzene rings is 2. The fourth-order valence-electron chi connectivity index (χ4n) is 3.87. The van der Waals surface area contributed by atoms with Crippen LogP contribution in [0, 0.1) is 0 Å². The molecule has 8 heteroatoms. The molecule has 3 rings (SSSR count). The summed E-state index contributed by atoms with van der Waals surface area (Å²) < 4.78 is 16.9. The molecule has 1 aliphatic rings. The highest BCUT2D eigenvalue weighted by atomic mass is 16.5. The van der Waals surface area contributed by atoms with Crippen LogP contribution in [0.5, 0.6) is 17.2 Å². The van der Waals surface area contributed by atoms with Gasteiger partial charge in [-0.1, -0.05) is 0 Å². The van der Waals surface area contributed by atoms with Crippen molar-refractivity contribution in [1.82, 2.24) is 4.90 Å². The van der Waals surface area contributed by atoms with Crippen molar-refractivity contribution in [3.05, 3.63) is 47.5 Å². The molecule has 0 aliphatic carbocycles. The van der Waals surface area contributed by atoms with Gasteiger partial charge in [0.25, 0.3) is 0 Å². The average Bonchev–Trinajstić information content (AvgIpc) is 2.76. The Balaban J connectivity index is 1.88. The number of urea groups is 1. The highest BCUT2D eigenvalue weighted by molar-refractivity contribution is 5.90. The molecule has 2 amide bonds. The van der Waals surface area contributed by atoms with Crippen molar-refractivity contribution in [2.24, 2.45) is 0 Å². The summed E-state index contributed by atoms with van der Waals surface area (Å²) in [6.45, 7) is 7.58. The highest BCUT2D eigenvalue weighted by Gasteiger charge is 2.34. The third-order valence-electron chi connectivity index (χ3n) is 5.21. The quantitative estimate of drug-likeness (QED) is 0.594. The second-order valence-corrected chi connectivity index (χ2v) is 7.31. The number of carboxylic acids is 1. The second kappa shape index (κ2) is 10.7. The van der Waals surface area contributed by atoms with Crippen LogP contribution in [0.1, 0.15) is 44.4 Å². The summed E-state index contributed by atoms with van der Waals surface area (Å²) in [5, 5.41) is 12.4. The molecular weight excluding hydrogens is 412 g/mol. The van der Waals surface area contributed by atoms with Crippen LogP contribution in [-0.2, 0) is 11.2 Å². The maximum atomic E-state index is 13.1. The first-order valence-electron chi connectivity index (χ1n) is 10.9. The number of nitrogens with zero attached hydrogens (tertiary/aromatic N) is 1. The number of hydrogen-bond acceptors (Lipinski definition) is 5. The summed E-state index contributed by atoms with van der Waals surface area (Å²) in [6.07, 6.45) is 0.387. The molecule has 0 bridgehead atoms. The van der Waals surface area contributed by atoms with Crippen LogP contribution in [0.25, 0.3) is 0 Å². The SMILES string of the molecule is CCOc1ccc(NC(=O)N2CCc3cc(OCC)c(OCC)cc3[C@H]2CC(=O)O)cc1. The van der Waals surface area contributed by atoms with E-state index in [0.29, 0.717) is 50.0 Å². The number of rotatable bonds is 9. The Kier molecular flexibility index (Phi) is 7.81. The van der Waals surface area contributed by atoms with Crippen molar-refractivity contribution >= 4 is 17.7 Å². The monoisotopic (exact) mass is 442 g/mol. The zero-order chi connectivity index (χ0) is 23.1. The second-order valence-electron chi connectivity index (χ2n) is 7.31. The van der Waals surface area contributed by atoms with Gasteiger partial charge in [-0.2, -0.15) is 0 Å². The van der Waals surface area contributed by atoms with E-state index in [4.69, 9.17) is 14.2 Å². The fraction of sp³-hybridized carbons (Fsp3) is 0.417.